The highest BCUT2D eigenvalue weighted by molar-refractivity contribution is 6.06. The lowest BCUT2D eigenvalue weighted by atomic mass is 10.1. The quantitative estimate of drug-likeness (QED) is 0.421. The highest BCUT2D eigenvalue weighted by Gasteiger charge is 2.15. The van der Waals surface area contributed by atoms with E-state index in [2.05, 4.69) is 20.9 Å². The number of hydrogen-bond donors (Lipinski definition) is 4. The topological polar surface area (TPSA) is 140 Å². The Morgan fingerprint density at radius 2 is 1.33 bits per heavy atom. The molecule has 0 spiro atoms. The third kappa shape index (κ3) is 5.26. The second kappa shape index (κ2) is 9.11. The fraction of sp³-hybridized carbons (Fsp3) is 0. The van der Waals surface area contributed by atoms with Gasteiger partial charge in [0.1, 0.15) is 0 Å². The van der Waals surface area contributed by atoms with E-state index in [1.54, 1.807) is 24.3 Å². The number of azo groups is 1. The number of nitrogens with one attached hydrogen (secondary N) is 2. The molecule has 3 aromatic rings. The van der Waals surface area contributed by atoms with Gasteiger partial charge in [-0.15, -0.1) is 0 Å². The third-order valence-electron chi connectivity index (χ3n) is 3.91. The van der Waals surface area contributed by atoms with Crippen LogP contribution in [-0.4, -0.2) is 28.2 Å². The maximum atomic E-state index is 12.2. The van der Waals surface area contributed by atoms with Gasteiger partial charge in [0.05, 0.1) is 28.2 Å². The second-order valence-electron chi connectivity index (χ2n) is 6.03. The van der Waals surface area contributed by atoms with Gasteiger partial charge in [-0.1, -0.05) is 18.2 Å². The van der Waals surface area contributed by atoms with E-state index in [1.165, 1.54) is 0 Å². The van der Waals surface area contributed by atoms with Crippen molar-refractivity contribution >= 4 is 40.7 Å². The van der Waals surface area contributed by atoms with Gasteiger partial charge < -0.3 is 20.8 Å². The van der Waals surface area contributed by atoms with Gasteiger partial charge in [-0.3, -0.25) is 0 Å². The van der Waals surface area contributed by atoms with Crippen LogP contribution < -0.4 is 10.6 Å². The summed E-state index contributed by atoms with van der Waals surface area (Å²) < 4.78 is 0. The molecule has 0 unspecified atom stereocenters. The number of aromatic carboxylic acids is 2. The van der Waals surface area contributed by atoms with Crippen LogP contribution in [0.2, 0.25) is 0 Å². The molecule has 0 bridgehead atoms. The molecule has 0 aliphatic rings. The van der Waals surface area contributed by atoms with Gasteiger partial charge in [0.25, 0.3) is 0 Å². The van der Waals surface area contributed by atoms with E-state index >= 15 is 0 Å². The average molecular weight is 404 g/mol. The van der Waals surface area contributed by atoms with Crippen molar-refractivity contribution in [3.63, 3.8) is 0 Å². The number of carboxylic acids is 2. The first-order valence-corrected chi connectivity index (χ1v) is 8.68. The first kappa shape index (κ1) is 20.2. The zero-order valence-electron chi connectivity index (χ0n) is 15.4. The molecule has 4 N–H and O–H groups in total. The summed E-state index contributed by atoms with van der Waals surface area (Å²) in [5.41, 5.74) is 1.20. The number of carboxylic acid groups (broad SMARTS) is 2. The van der Waals surface area contributed by atoms with Crippen LogP contribution in [0.15, 0.2) is 83.0 Å². The summed E-state index contributed by atoms with van der Waals surface area (Å²) in [6, 6.07) is 18.3. The van der Waals surface area contributed by atoms with E-state index in [0.29, 0.717) is 17.1 Å². The van der Waals surface area contributed by atoms with Gasteiger partial charge in [0.2, 0.25) is 0 Å². The molecule has 0 aromatic heterocycles. The third-order valence-corrected chi connectivity index (χ3v) is 3.91. The maximum absolute atomic E-state index is 12.2. The molecule has 0 radical (unpaired) electrons. The van der Waals surface area contributed by atoms with E-state index in [0.717, 1.165) is 18.2 Å². The zero-order valence-corrected chi connectivity index (χ0v) is 15.4. The van der Waals surface area contributed by atoms with Crippen molar-refractivity contribution < 1.29 is 24.6 Å². The van der Waals surface area contributed by atoms with Gasteiger partial charge in [-0.2, -0.15) is 10.2 Å². The lowest BCUT2D eigenvalue weighted by Crippen LogP contribution is -2.21. The number of anilines is 2. The van der Waals surface area contributed by atoms with Crippen LogP contribution in [-0.2, 0) is 0 Å². The molecule has 0 fully saturated rings. The van der Waals surface area contributed by atoms with Crippen LogP contribution in [0.4, 0.5) is 27.5 Å². The summed E-state index contributed by atoms with van der Waals surface area (Å²) in [5.74, 6) is -2.54. The number of rotatable bonds is 6. The highest BCUT2D eigenvalue weighted by atomic mass is 16.4. The van der Waals surface area contributed by atoms with Crippen LogP contribution in [0.5, 0.6) is 0 Å². The molecule has 30 heavy (non-hydrogen) atoms. The summed E-state index contributed by atoms with van der Waals surface area (Å²) in [5, 5.41) is 31.4. The van der Waals surface area contributed by atoms with Crippen molar-refractivity contribution in [1.29, 1.82) is 0 Å². The minimum atomic E-state index is -1.30. The predicted octanol–water partition coefficient (Wildman–Crippen LogP) is 5.14. The van der Waals surface area contributed by atoms with Crippen LogP contribution in [0.3, 0.4) is 0 Å². The summed E-state index contributed by atoms with van der Waals surface area (Å²) >= 11 is 0. The van der Waals surface area contributed by atoms with Crippen LogP contribution in [0, 0.1) is 0 Å². The van der Waals surface area contributed by atoms with Gasteiger partial charge in [0, 0.05) is 5.69 Å². The normalized spacial score (nSPS) is 10.5. The average Bonchev–Trinajstić information content (AvgIpc) is 2.73. The molecule has 3 aromatic carbocycles. The van der Waals surface area contributed by atoms with Gasteiger partial charge >= 0.3 is 18.0 Å². The van der Waals surface area contributed by atoms with Gasteiger partial charge in [0.15, 0.2) is 0 Å². The molecule has 9 nitrogen and oxygen atoms in total. The summed E-state index contributed by atoms with van der Waals surface area (Å²) in [7, 11) is 0. The molecule has 0 aliphatic carbocycles. The molecule has 0 atom stereocenters. The van der Waals surface area contributed by atoms with Crippen molar-refractivity contribution in [2.45, 2.75) is 0 Å². The van der Waals surface area contributed by atoms with E-state index < -0.39 is 18.0 Å². The molecule has 2 amide bonds. The first-order valence-electron chi connectivity index (χ1n) is 8.68. The zero-order chi connectivity index (χ0) is 21.5. The van der Waals surface area contributed by atoms with Crippen LogP contribution >= 0.6 is 0 Å². The van der Waals surface area contributed by atoms with Crippen LogP contribution in [0.25, 0.3) is 0 Å². The van der Waals surface area contributed by atoms with Crippen molar-refractivity contribution in [1.82, 2.24) is 0 Å². The predicted molar refractivity (Wildman–Crippen MR) is 110 cm³/mol. The Balaban J connectivity index is 1.68. The molecule has 3 rings (SSSR count). The summed E-state index contributed by atoms with van der Waals surface area (Å²) in [4.78, 5) is 34.6. The molecule has 150 valence electrons. The smallest absolute Gasteiger partial charge is 0.337 e. The Labute approximate surface area is 170 Å². The maximum Gasteiger partial charge on any atom is 0.337 e. The van der Waals surface area contributed by atoms with Gasteiger partial charge in [-0.25, -0.2) is 14.4 Å². The van der Waals surface area contributed by atoms with Crippen molar-refractivity contribution in [3.05, 3.63) is 83.9 Å². The number of hydrogen-bond acceptors (Lipinski definition) is 5. The van der Waals surface area contributed by atoms with Crippen LogP contribution in [0.1, 0.15) is 20.7 Å². The van der Waals surface area contributed by atoms with E-state index in [4.69, 9.17) is 5.11 Å². The standard InChI is InChI=1S/C21H16N4O5/c26-19(27)13-6-11-17(20(28)29)18(12-13)23-21(30)22-14-7-9-16(10-8-14)25-24-15-4-2-1-3-5-15/h1-12H,(H,26,27)(H,28,29)(H2,22,23,30). The van der Waals surface area contributed by atoms with E-state index in [9.17, 15) is 19.5 Å². The fourth-order valence-corrected chi connectivity index (χ4v) is 2.47. The monoisotopic (exact) mass is 404 g/mol. The number of nitrogens with zero attached hydrogens (tertiary/aromatic N) is 2. The number of urea groups is 1. The minimum absolute atomic E-state index is 0.131. The minimum Gasteiger partial charge on any atom is -0.478 e. The van der Waals surface area contributed by atoms with E-state index in [1.807, 2.05) is 30.3 Å². The first-order chi connectivity index (χ1) is 14.4. The Morgan fingerprint density at radius 1 is 0.700 bits per heavy atom. The number of benzene rings is 3. The number of carbonyl (C=O) groups excluding carboxylic acids is 1. The molecular formula is C21H16N4O5. The largest absolute Gasteiger partial charge is 0.478 e. The van der Waals surface area contributed by atoms with Gasteiger partial charge in [-0.05, 0) is 54.6 Å². The Bertz CT molecular complexity index is 1110. The molecule has 0 saturated heterocycles. The summed E-state index contributed by atoms with van der Waals surface area (Å²) in [6.07, 6.45) is 0. The Morgan fingerprint density at radius 3 is 1.93 bits per heavy atom. The Hall–Kier alpha value is -4.53. The SMILES string of the molecule is O=C(Nc1ccc(N=Nc2ccccc2)cc1)Nc1cc(C(=O)O)ccc1C(=O)O. The molecule has 9 heteroatoms. The second-order valence-corrected chi connectivity index (χ2v) is 6.03. The molecule has 0 aliphatic heterocycles. The van der Waals surface area contributed by atoms with Crippen molar-refractivity contribution in [3.8, 4) is 0 Å². The Kier molecular flexibility index (Phi) is 6.14. The highest BCUT2D eigenvalue weighted by Crippen LogP contribution is 2.21. The van der Waals surface area contributed by atoms with Crippen molar-refractivity contribution in [2.75, 3.05) is 10.6 Å². The lowest BCUT2D eigenvalue weighted by molar-refractivity contribution is 0.0682. The lowest BCUT2D eigenvalue weighted by Gasteiger charge is -2.11. The molecule has 0 heterocycles. The van der Waals surface area contributed by atoms with Crippen molar-refractivity contribution in [2.24, 2.45) is 10.2 Å². The number of carbonyl (C=O) groups is 3. The van der Waals surface area contributed by atoms with E-state index in [-0.39, 0.29) is 16.8 Å². The fourth-order valence-electron chi connectivity index (χ4n) is 2.47. The number of amides is 2. The molecule has 0 saturated carbocycles. The summed E-state index contributed by atoms with van der Waals surface area (Å²) in [6.45, 7) is 0. The molecular weight excluding hydrogens is 388 g/mol.